The highest BCUT2D eigenvalue weighted by molar-refractivity contribution is 7.89. The van der Waals surface area contributed by atoms with Crippen molar-refractivity contribution in [3.8, 4) is 11.5 Å². The summed E-state index contributed by atoms with van der Waals surface area (Å²) >= 11 is 0. The second kappa shape index (κ2) is 5.10. The summed E-state index contributed by atoms with van der Waals surface area (Å²) in [7, 11) is -4.13. The average molecular weight is 295 g/mol. The normalized spacial score (nSPS) is 11.5. The fourth-order valence-corrected chi connectivity index (χ4v) is 2.45. The quantitative estimate of drug-likeness (QED) is 0.659. The van der Waals surface area contributed by atoms with Crippen LogP contribution in [0.2, 0.25) is 0 Å². The van der Waals surface area contributed by atoms with Gasteiger partial charge in [-0.25, -0.2) is 13.6 Å². The number of benzene rings is 2. The molecule has 0 aliphatic rings. The molecule has 0 aliphatic carbocycles. The Hall–Kier alpha value is -2.12. The molecule has 2 aromatic carbocycles. The van der Waals surface area contributed by atoms with E-state index in [9.17, 15) is 18.3 Å². The molecule has 20 heavy (non-hydrogen) atoms. The van der Waals surface area contributed by atoms with Gasteiger partial charge in [0.15, 0.2) is 0 Å². The highest BCUT2D eigenvalue weighted by Crippen LogP contribution is 2.37. The van der Waals surface area contributed by atoms with E-state index in [1.807, 2.05) is 0 Å². The first kappa shape index (κ1) is 14.3. The number of ether oxygens (including phenoxy) is 1. The van der Waals surface area contributed by atoms with E-state index in [4.69, 9.17) is 9.88 Å². The number of carbonyl (C=O) groups is 1. The van der Waals surface area contributed by atoms with Crippen LogP contribution in [0.3, 0.4) is 0 Å². The van der Waals surface area contributed by atoms with Crippen LogP contribution in [0.4, 0.5) is 0 Å². The van der Waals surface area contributed by atoms with E-state index in [0.717, 1.165) is 6.07 Å². The molecule has 0 unspecified atom stereocenters. The number of carbonyl (C=O) groups excluding carboxylic acids is 1. The van der Waals surface area contributed by atoms with Gasteiger partial charge in [0.2, 0.25) is 10.0 Å². The Morgan fingerprint density at radius 2 is 1.90 bits per heavy atom. The van der Waals surface area contributed by atoms with E-state index in [1.165, 1.54) is 6.07 Å². The molecule has 7 heteroatoms. The van der Waals surface area contributed by atoms with Gasteiger partial charge in [-0.3, -0.25) is 4.79 Å². The fraction of sp³-hybridized carbons (Fsp3) is 0.154. The Bertz CT molecular complexity index is 783. The number of phenols is 1. The van der Waals surface area contributed by atoms with E-state index in [1.54, 1.807) is 25.1 Å². The number of fused-ring (bicyclic) bond motifs is 1. The van der Waals surface area contributed by atoms with Crippen LogP contribution in [0.5, 0.6) is 11.5 Å². The molecule has 0 bridgehead atoms. The monoisotopic (exact) mass is 295 g/mol. The van der Waals surface area contributed by atoms with Gasteiger partial charge in [-0.15, -0.1) is 0 Å². The van der Waals surface area contributed by atoms with E-state index in [-0.39, 0.29) is 17.6 Å². The van der Waals surface area contributed by atoms with E-state index in [2.05, 4.69) is 0 Å². The summed E-state index contributed by atoms with van der Waals surface area (Å²) in [5.74, 6) is -0.921. The van der Waals surface area contributed by atoms with Crippen molar-refractivity contribution in [2.75, 3.05) is 0 Å². The molecule has 0 fully saturated rings. The first-order valence-corrected chi connectivity index (χ1v) is 7.37. The molecule has 0 saturated heterocycles. The SMILES string of the molecule is CCC(=O)Oc1cc(S(N)(=O)=O)c(O)c2ccccc12. The Balaban J connectivity index is 2.79. The Labute approximate surface area is 115 Å². The number of rotatable bonds is 3. The predicted octanol–water partition coefficient (Wildman–Crippen LogP) is 1.51. The number of aromatic hydroxyl groups is 1. The molecule has 0 aromatic heterocycles. The Morgan fingerprint density at radius 3 is 2.45 bits per heavy atom. The molecule has 3 N–H and O–H groups in total. The number of hydrogen-bond donors (Lipinski definition) is 2. The van der Waals surface area contributed by atoms with Crippen molar-refractivity contribution in [3.05, 3.63) is 30.3 Å². The van der Waals surface area contributed by atoms with Crippen LogP contribution in [-0.4, -0.2) is 19.5 Å². The number of primary sulfonamides is 1. The largest absolute Gasteiger partial charge is 0.506 e. The number of hydrogen-bond acceptors (Lipinski definition) is 5. The zero-order valence-electron chi connectivity index (χ0n) is 10.7. The van der Waals surface area contributed by atoms with Gasteiger partial charge in [0.05, 0.1) is 0 Å². The van der Waals surface area contributed by atoms with Gasteiger partial charge in [-0.05, 0) is 0 Å². The van der Waals surface area contributed by atoms with E-state index >= 15 is 0 Å². The first-order chi connectivity index (χ1) is 9.34. The lowest BCUT2D eigenvalue weighted by Gasteiger charge is -2.11. The van der Waals surface area contributed by atoms with Gasteiger partial charge in [0.1, 0.15) is 16.4 Å². The summed E-state index contributed by atoms with van der Waals surface area (Å²) < 4.78 is 28.1. The van der Waals surface area contributed by atoms with Crippen molar-refractivity contribution in [1.82, 2.24) is 0 Å². The Morgan fingerprint density at radius 1 is 1.30 bits per heavy atom. The minimum atomic E-state index is -4.13. The summed E-state index contributed by atoms with van der Waals surface area (Å²) in [6.45, 7) is 1.62. The molecule has 6 nitrogen and oxygen atoms in total. The highest BCUT2D eigenvalue weighted by Gasteiger charge is 2.20. The molecular formula is C13H13NO5S. The number of phenolic OH excluding ortho intramolecular Hbond substituents is 1. The minimum Gasteiger partial charge on any atom is -0.506 e. The Kier molecular flexibility index (Phi) is 3.65. The van der Waals surface area contributed by atoms with Crippen molar-refractivity contribution in [1.29, 1.82) is 0 Å². The lowest BCUT2D eigenvalue weighted by atomic mass is 10.1. The van der Waals surface area contributed by atoms with Crippen molar-refractivity contribution < 1.29 is 23.1 Å². The van der Waals surface area contributed by atoms with Crippen molar-refractivity contribution in [3.63, 3.8) is 0 Å². The zero-order chi connectivity index (χ0) is 14.9. The molecule has 0 spiro atoms. The third-order valence-corrected chi connectivity index (χ3v) is 3.69. The molecule has 0 saturated carbocycles. The second-order valence-corrected chi connectivity index (χ2v) is 5.67. The summed E-state index contributed by atoms with van der Waals surface area (Å²) in [5.41, 5.74) is 0. The lowest BCUT2D eigenvalue weighted by molar-refractivity contribution is -0.133. The zero-order valence-corrected chi connectivity index (χ0v) is 11.5. The molecule has 0 radical (unpaired) electrons. The molecular weight excluding hydrogens is 282 g/mol. The van der Waals surface area contributed by atoms with Crippen molar-refractivity contribution in [2.45, 2.75) is 18.2 Å². The number of nitrogens with two attached hydrogens (primary N) is 1. The number of sulfonamides is 1. The van der Waals surface area contributed by atoms with Gasteiger partial charge < -0.3 is 9.84 Å². The van der Waals surface area contributed by atoms with Crippen LogP contribution in [0.25, 0.3) is 10.8 Å². The fourth-order valence-electron chi connectivity index (χ4n) is 1.80. The van der Waals surface area contributed by atoms with Crippen LogP contribution in [0.1, 0.15) is 13.3 Å². The summed E-state index contributed by atoms with van der Waals surface area (Å²) in [5, 5.41) is 15.7. The molecule has 0 amide bonds. The highest BCUT2D eigenvalue weighted by atomic mass is 32.2. The van der Waals surface area contributed by atoms with Crippen LogP contribution in [-0.2, 0) is 14.8 Å². The van der Waals surface area contributed by atoms with E-state index in [0.29, 0.717) is 5.39 Å². The lowest BCUT2D eigenvalue weighted by Crippen LogP contribution is -2.13. The van der Waals surface area contributed by atoms with Gasteiger partial charge in [0.25, 0.3) is 0 Å². The summed E-state index contributed by atoms with van der Waals surface area (Å²) in [4.78, 5) is 10.9. The van der Waals surface area contributed by atoms with Crippen molar-refractivity contribution >= 4 is 26.8 Å². The van der Waals surface area contributed by atoms with Crippen LogP contribution in [0.15, 0.2) is 35.2 Å². The standard InChI is InChI=1S/C13H13NO5S/c1-2-12(15)19-10-7-11(20(14,17)18)13(16)9-6-4-3-5-8(9)10/h3-7,16H,2H2,1H3,(H2,14,17,18). The maximum atomic E-state index is 11.5. The molecule has 2 rings (SSSR count). The van der Waals surface area contributed by atoms with E-state index < -0.39 is 26.6 Å². The smallest absolute Gasteiger partial charge is 0.310 e. The summed E-state index contributed by atoms with van der Waals surface area (Å²) in [6.07, 6.45) is 0.139. The third kappa shape index (κ3) is 2.59. The molecule has 0 atom stereocenters. The topological polar surface area (TPSA) is 107 Å². The predicted molar refractivity (Wildman–Crippen MR) is 72.9 cm³/mol. The number of esters is 1. The van der Waals surface area contributed by atoms with Gasteiger partial charge in [-0.1, -0.05) is 31.2 Å². The van der Waals surface area contributed by atoms with Gasteiger partial charge in [0, 0.05) is 23.3 Å². The molecule has 0 aliphatic heterocycles. The van der Waals surface area contributed by atoms with Crippen LogP contribution < -0.4 is 9.88 Å². The third-order valence-electron chi connectivity index (χ3n) is 2.76. The van der Waals surface area contributed by atoms with Gasteiger partial charge in [-0.2, -0.15) is 0 Å². The van der Waals surface area contributed by atoms with Crippen LogP contribution in [0, 0.1) is 0 Å². The maximum absolute atomic E-state index is 11.5. The second-order valence-electron chi connectivity index (χ2n) is 4.14. The summed E-state index contributed by atoms with van der Waals surface area (Å²) in [6, 6.07) is 7.49. The molecule has 2 aromatic rings. The van der Waals surface area contributed by atoms with Gasteiger partial charge >= 0.3 is 5.97 Å². The van der Waals surface area contributed by atoms with Crippen molar-refractivity contribution in [2.24, 2.45) is 5.14 Å². The average Bonchev–Trinajstić information content (AvgIpc) is 2.40. The minimum absolute atomic E-state index is 0.0503. The first-order valence-electron chi connectivity index (χ1n) is 5.82. The molecule has 106 valence electrons. The van der Waals surface area contributed by atoms with Crippen LogP contribution >= 0.6 is 0 Å². The maximum Gasteiger partial charge on any atom is 0.310 e. The molecule has 0 heterocycles.